The van der Waals surface area contributed by atoms with Crippen molar-refractivity contribution in [1.29, 1.82) is 0 Å². The van der Waals surface area contributed by atoms with Gasteiger partial charge in [0.25, 0.3) is 11.6 Å². The zero-order chi connectivity index (χ0) is 23.4. The van der Waals surface area contributed by atoms with Gasteiger partial charge in [0, 0.05) is 12.1 Å². The SMILES string of the molecule is COc1cc(/C=C2/SC(=Nc3ccccc3Cl)NC2=O)ccc1Oc1ccc([N+](=O)[O-])cn1. The lowest BCUT2D eigenvalue weighted by Gasteiger charge is -2.10. The number of nitro groups is 1. The van der Waals surface area contributed by atoms with Crippen LogP contribution in [0, 0.1) is 10.1 Å². The van der Waals surface area contributed by atoms with E-state index in [0.717, 1.165) is 6.20 Å². The predicted molar refractivity (Wildman–Crippen MR) is 126 cm³/mol. The van der Waals surface area contributed by atoms with Crippen LogP contribution in [0.25, 0.3) is 6.08 Å². The summed E-state index contributed by atoms with van der Waals surface area (Å²) in [6.45, 7) is 0. The summed E-state index contributed by atoms with van der Waals surface area (Å²) in [5, 5.41) is 14.4. The van der Waals surface area contributed by atoms with E-state index < -0.39 is 4.92 Å². The number of aliphatic imine (C=N–C) groups is 1. The number of carbonyl (C=O) groups is 1. The van der Waals surface area contributed by atoms with Crippen molar-refractivity contribution in [2.45, 2.75) is 0 Å². The predicted octanol–water partition coefficient (Wildman–Crippen LogP) is 5.34. The van der Waals surface area contributed by atoms with Gasteiger partial charge in [-0.05, 0) is 47.7 Å². The molecule has 0 saturated carbocycles. The van der Waals surface area contributed by atoms with Crippen LogP contribution in [0.4, 0.5) is 11.4 Å². The highest BCUT2D eigenvalue weighted by Crippen LogP contribution is 2.35. The number of rotatable bonds is 6. The summed E-state index contributed by atoms with van der Waals surface area (Å²) < 4.78 is 11.1. The Kier molecular flexibility index (Phi) is 6.57. The Balaban J connectivity index is 1.53. The first-order valence-corrected chi connectivity index (χ1v) is 10.6. The van der Waals surface area contributed by atoms with E-state index in [-0.39, 0.29) is 17.5 Å². The molecule has 0 aliphatic carbocycles. The molecule has 9 nitrogen and oxygen atoms in total. The van der Waals surface area contributed by atoms with E-state index in [0.29, 0.717) is 37.8 Å². The lowest BCUT2D eigenvalue weighted by atomic mass is 10.2. The highest BCUT2D eigenvalue weighted by molar-refractivity contribution is 8.18. The summed E-state index contributed by atoms with van der Waals surface area (Å²) in [6.07, 6.45) is 2.81. The van der Waals surface area contributed by atoms with Gasteiger partial charge in [0.1, 0.15) is 6.20 Å². The van der Waals surface area contributed by atoms with Crippen LogP contribution in [0.2, 0.25) is 5.02 Å². The summed E-state index contributed by atoms with van der Waals surface area (Å²) in [5.74, 6) is 0.666. The first-order valence-electron chi connectivity index (χ1n) is 9.43. The monoisotopic (exact) mass is 482 g/mol. The Bertz CT molecular complexity index is 1290. The van der Waals surface area contributed by atoms with Crippen LogP contribution in [0.1, 0.15) is 5.56 Å². The van der Waals surface area contributed by atoms with Gasteiger partial charge in [-0.3, -0.25) is 14.9 Å². The molecule has 1 amide bonds. The average Bonchev–Trinajstić information content (AvgIpc) is 3.15. The number of methoxy groups -OCH3 is 1. The van der Waals surface area contributed by atoms with Crippen molar-refractivity contribution in [3.8, 4) is 17.4 Å². The van der Waals surface area contributed by atoms with Gasteiger partial charge in [-0.25, -0.2) is 9.98 Å². The molecule has 1 fully saturated rings. The van der Waals surface area contributed by atoms with Gasteiger partial charge < -0.3 is 14.8 Å². The van der Waals surface area contributed by atoms with Crippen LogP contribution in [0.3, 0.4) is 0 Å². The largest absolute Gasteiger partial charge is 0.493 e. The van der Waals surface area contributed by atoms with Crippen LogP contribution in [0.5, 0.6) is 17.4 Å². The molecule has 11 heteroatoms. The number of benzene rings is 2. The molecule has 1 N–H and O–H groups in total. The van der Waals surface area contributed by atoms with E-state index in [2.05, 4.69) is 15.3 Å². The van der Waals surface area contributed by atoms with Crippen molar-refractivity contribution in [2.75, 3.05) is 7.11 Å². The summed E-state index contributed by atoms with van der Waals surface area (Å²) in [5.41, 5.74) is 1.12. The molecular weight excluding hydrogens is 468 g/mol. The van der Waals surface area contributed by atoms with Gasteiger partial charge >= 0.3 is 0 Å². The third-order valence-electron chi connectivity index (χ3n) is 4.36. The first-order chi connectivity index (χ1) is 15.9. The molecule has 166 valence electrons. The van der Waals surface area contributed by atoms with E-state index in [1.54, 1.807) is 42.5 Å². The number of ether oxygens (including phenoxy) is 2. The fourth-order valence-electron chi connectivity index (χ4n) is 2.80. The van der Waals surface area contributed by atoms with E-state index in [4.69, 9.17) is 21.1 Å². The number of halogens is 1. The molecule has 3 aromatic rings. The van der Waals surface area contributed by atoms with Crippen molar-refractivity contribution in [2.24, 2.45) is 4.99 Å². The van der Waals surface area contributed by atoms with Gasteiger partial charge in [-0.2, -0.15) is 0 Å². The molecule has 1 aliphatic heterocycles. The number of thioether (sulfide) groups is 1. The minimum atomic E-state index is -0.540. The van der Waals surface area contributed by atoms with Crippen LogP contribution < -0.4 is 14.8 Å². The zero-order valence-electron chi connectivity index (χ0n) is 17.0. The van der Waals surface area contributed by atoms with Crippen molar-refractivity contribution < 1.29 is 19.2 Å². The Labute approximate surface area is 197 Å². The number of amidine groups is 1. The number of para-hydroxylation sites is 1. The highest BCUT2D eigenvalue weighted by Gasteiger charge is 2.24. The van der Waals surface area contributed by atoms with Crippen molar-refractivity contribution in [3.63, 3.8) is 0 Å². The summed E-state index contributed by atoms with van der Waals surface area (Å²) >= 11 is 7.33. The standard InChI is InChI=1S/C22H15ClN4O5S/c1-31-18-10-13(6-8-17(18)32-20-9-7-14(12-24-20)27(29)30)11-19-21(28)26-22(33-19)25-16-5-3-2-4-15(16)23/h2-12H,1H3,(H,25,26,28)/b19-11+. The minimum absolute atomic E-state index is 0.138. The van der Waals surface area contributed by atoms with Crippen molar-refractivity contribution in [1.82, 2.24) is 10.3 Å². The second kappa shape index (κ2) is 9.72. The maximum absolute atomic E-state index is 12.4. The Hall–Kier alpha value is -3.89. The van der Waals surface area contributed by atoms with Crippen LogP contribution in [-0.2, 0) is 4.79 Å². The van der Waals surface area contributed by atoms with E-state index >= 15 is 0 Å². The van der Waals surface area contributed by atoms with Gasteiger partial charge in [0.2, 0.25) is 5.88 Å². The van der Waals surface area contributed by atoms with Gasteiger partial charge in [0.05, 0.1) is 27.6 Å². The molecule has 0 spiro atoms. The summed E-state index contributed by atoms with van der Waals surface area (Å²) in [4.78, 5) is 31.4. The average molecular weight is 483 g/mol. The lowest BCUT2D eigenvalue weighted by Crippen LogP contribution is -2.19. The Morgan fingerprint density at radius 3 is 2.70 bits per heavy atom. The van der Waals surface area contributed by atoms with E-state index in [9.17, 15) is 14.9 Å². The number of aromatic nitrogens is 1. The molecule has 1 aliphatic rings. The molecule has 2 heterocycles. The maximum Gasteiger partial charge on any atom is 0.287 e. The van der Waals surface area contributed by atoms with Gasteiger partial charge in [-0.15, -0.1) is 0 Å². The van der Waals surface area contributed by atoms with Crippen LogP contribution >= 0.6 is 23.4 Å². The van der Waals surface area contributed by atoms with Gasteiger partial charge in [0.15, 0.2) is 16.7 Å². The number of nitrogens with zero attached hydrogens (tertiary/aromatic N) is 3. The first kappa shape index (κ1) is 22.3. The minimum Gasteiger partial charge on any atom is -0.493 e. The molecule has 0 unspecified atom stereocenters. The number of hydrogen-bond donors (Lipinski definition) is 1. The topological polar surface area (TPSA) is 116 Å². The fourth-order valence-corrected chi connectivity index (χ4v) is 3.81. The molecule has 1 aromatic heterocycles. The molecule has 2 aromatic carbocycles. The maximum atomic E-state index is 12.4. The number of hydrogen-bond acceptors (Lipinski definition) is 8. The number of pyridine rings is 1. The third kappa shape index (κ3) is 5.30. The van der Waals surface area contributed by atoms with Gasteiger partial charge in [-0.1, -0.05) is 29.8 Å². The fraction of sp³-hybridized carbons (Fsp3) is 0.0455. The molecule has 0 atom stereocenters. The Morgan fingerprint density at radius 2 is 2.00 bits per heavy atom. The molecule has 4 rings (SSSR count). The lowest BCUT2D eigenvalue weighted by molar-refractivity contribution is -0.385. The quantitative estimate of drug-likeness (QED) is 0.286. The summed E-state index contributed by atoms with van der Waals surface area (Å²) in [6, 6.07) is 14.9. The molecular formula is C22H15ClN4O5S. The highest BCUT2D eigenvalue weighted by atomic mass is 35.5. The molecule has 0 radical (unpaired) electrons. The summed E-state index contributed by atoms with van der Waals surface area (Å²) in [7, 11) is 1.48. The second-order valence-corrected chi connectivity index (χ2v) is 8.00. The van der Waals surface area contributed by atoms with Crippen molar-refractivity contribution >= 4 is 51.9 Å². The van der Waals surface area contributed by atoms with Crippen molar-refractivity contribution in [3.05, 3.63) is 86.4 Å². The molecule has 0 bridgehead atoms. The number of amides is 1. The molecule has 33 heavy (non-hydrogen) atoms. The normalized spacial score (nSPS) is 15.5. The second-order valence-electron chi connectivity index (χ2n) is 6.56. The van der Waals surface area contributed by atoms with Crippen LogP contribution in [-0.4, -0.2) is 28.1 Å². The third-order valence-corrected chi connectivity index (χ3v) is 5.59. The van der Waals surface area contributed by atoms with Crippen LogP contribution in [0.15, 0.2) is 70.7 Å². The number of carbonyl (C=O) groups excluding carboxylic acids is 1. The van der Waals surface area contributed by atoms with E-state index in [1.165, 1.54) is 31.0 Å². The van der Waals surface area contributed by atoms with E-state index in [1.807, 2.05) is 6.07 Å². The smallest absolute Gasteiger partial charge is 0.287 e. The molecule has 1 saturated heterocycles. The Morgan fingerprint density at radius 1 is 1.18 bits per heavy atom. The zero-order valence-corrected chi connectivity index (χ0v) is 18.6. The number of nitrogens with one attached hydrogen (secondary N) is 1.